The minimum Gasteiger partial charge on any atom is -0.486 e. The molecule has 3 saturated heterocycles. The molecule has 1 amide bonds. The molecule has 5 rings (SSSR count). The van der Waals surface area contributed by atoms with Gasteiger partial charge >= 0.3 is 0 Å². The van der Waals surface area contributed by atoms with Crippen LogP contribution < -0.4 is 14.8 Å². The quantitative estimate of drug-likeness (QED) is 0.905. The molecule has 1 aromatic carbocycles. The van der Waals surface area contributed by atoms with Crippen LogP contribution in [0.2, 0.25) is 0 Å². The number of amides is 1. The maximum atomic E-state index is 12.4. The lowest BCUT2D eigenvalue weighted by Gasteiger charge is -2.44. The molecule has 4 aliphatic heterocycles. The van der Waals surface area contributed by atoms with Gasteiger partial charge in [-0.05, 0) is 50.0 Å². The summed E-state index contributed by atoms with van der Waals surface area (Å²) in [7, 11) is 0. The Morgan fingerprint density at radius 2 is 1.83 bits per heavy atom. The van der Waals surface area contributed by atoms with Gasteiger partial charge in [0.25, 0.3) is 5.91 Å². The van der Waals surface area contributed by atoms with Crippen molar-refractivity contribution >= 4 is 5.91 Å². The molecular weight excluding hydrogens is 304 g/mol. The van der Waals surface area contributed by atoms with E-state index < -0.39 is 0 Å². The molecule has 0 saturated carbocycles. The molecule has 4 aliphatic rings. The largest absolute Gasteiger partial charge is 0.486 e. The first-order valence-corrected chi connectivity index (χ1v) is 9.14. The number of fused-ring (bicyclic) bond motifs is 4. The number of nitrogens with zero attached hydrogens (tertiary/aromatic N) is 1. The summed E-state index contributed by atoms with van der Waals surface area (Å²) in [5.41, 5.74) is 0.649. The summed E-state index contributed by atoms with van der Waals surface area (Å²) < 4.78 is 11.0. The maximum absolute atomic E-state index is 12.4. The van der Waals surface area contributed by atoms with Gasteiger partial charge in [-0.3, -0.25) is 4.79 Å². The lowest BCUT2D eigenvalue weighted by atomic mass is 9.84. The molecule has 0 aromatic heterocycles. The van der Waals surface area contributed by atoms with Crippen LogP contribution in [0.5, 0.6) is 11.5 Å². The zero-order chi connectivity index (χ0) is 16.9. The molecule has 2 bridgehead atoms. The molecule has 3 fully saturated rings. The van der Waals surface area contributed by atoms with Crippen molar-refractivity contribution in [3.05, 3.63) is 23.8 Å². The summed E-state index contributed by atoms with van der Waals surface area (Å²) in [6.07, 6.45) is 3.65. The smallest absolute Gasteiger partial charge is 0.251 e. The molecule has 24 heavy (non-hydrogen) atoms. The van der Waals surface area contributed by atoms with Crippen molar-refractivity contribution in [3.8, 4) is 11.5 Å². The number of ether oxygens (including phenoxy) is 2. The number of carbonyl (C=O) groups is 1. The lowest BCUT2D eigenvalue weighted by Crippen LogP contribution is -2.57. The minimum atomic E-state index is -0.00859. The zero-order valence-electron chi connectivity index (χ0n) is 14.7. The van der Waals surface area contributed by atoms with Gasteiger partial charge in [0.15, 0.2) is 11.5 Å². The van der Waals surface area contributed by atoms with Crippen LogP contribution in [0.25, 0.3) is 0 Å². The van der Waals surface area contributed by atoms with Crippen molar-refractivity contribution in [3.63, 3.8) is 0 Å². The van der Waals surface area contributed by atoms with Gasteiger partial charge in [-0.25, -0.2) is 0 Å². The molecule has 5 nitrogen and oxygen atoms in total. The maximum Gasteiger partial charge on any atom is 0.251 e. The molecule has 1 aromatic rings. The predicted octanol–water partition coefficient (Wildman–Crippen LogP) is 2.70. The highest BCUT2D eigenvalue weighted by Crippen LogP contribution is 2.31. The highest BCUT2D eigenvalue weighted by molar-refractivity contribution is 5.95. The number of hydrogen-bond acceptors (Lipinski definition) is 4. The summed E-state index contributed by atoms with van der Waals surface area (Å²) in [4.78, 5) is 14.9. The topological polar surface area (TPSA) is 50.8 Å². The second-order valence-corrected chi connectivity index (χ2v) is 6.78. The number of rotatable bonds is 2. The van der Waals surface area contributed by atoms with Crippen molar-refractivity contribution in [1.29, 1.82) is 0 Å². The fourth-order valence-corrected chi connectivity index (χ4v) is 3.56. The van der Waals surface area contributed by atoms with Crippen molar-refractivity contribution in [2.45, 2.75) is 39.2 Å². The van der Waals surface area contributed by atoms with E-state index in [1.54, 1.807) is 6.07 Å². The van der Waals surface area contributed by atoms with E-state index in [4.69, 9.17) is 9.47 Å². The van der Waals surface area contributed by atoms with Gasteiger partial charge < -0.3 is 19.7 Å². The Kier molecular flexibility index (Phi) is 5.61. The Hall–Kier alpha value is -1.75. The van der Waals surface area contributed by atoms with Crippen molar-refractivity contribution in [2.24, 2.45) is 5.92 Å². The van der Waals surface area contributed by atoms with E-state index in [1.807, 2.05) is 12.1 Å². The molecule has 1 atom stereocenters. The van der Waals surface area contributed by atoms with E-state index >= 15 is 0 Å². The van der Waals surface area contributed by atoms with E-state index in [0.29, 0.717) is 30.4 Å². The van der Waals surface area contributed by atoms with Gasteiger partial charge in [-0.1, -0.05) is 20.3 Å². The van der Waals surface area contributed by atoms with Crippen LogP contribution in [0.15, 0.2) is 18.2 Å². The van der Waals surface area contributed by atoms with E-state index in [1.165, 1.54) is 32.4 Å². The monoisotopic (exact) mass is 332 g/mol. The van der Waals surface area contributed by atoms with Crippen molar-refractivity contribution in [1.82, 2.24) is 10.2 Å². The highest BCUT2D eigenvalue weighted by Gasteiger charge is 2.35. The number of benzene rings is 1. The first-order chi connectivity index (χ1) is 11.7. The number of hydrogen-bond donors (Lipinski definition) is 1. The van der Waals surface area contributed by atoms with Crippen LogP contribution >= 0.6 is 0 Å². The molecule has 4 heterocycles. The van der Waals surface area contributed by atoms with Gasteiger partial charge in [-0.15, -0.1) is 0 Å². The lowest BCUT2D eigenvalue weighted by molar-refractivity contribution is 0.0620. The second-order valence-electron chi connectivity index (χ2n) is 6.78. The van der Waals surface area contributed by atoms with Crippen molar-refractivity contribution in [2.75, 3.05) is 32.8 Å². The minimum absolute atomic E-state index is 0.00859. The van der Waals surface area contributed by atoms with Crippen LogP contribution in [-0.2, 0) is 0 Å². The van der Waals surface area contributed by atoms with E-state index in [9.17, 15) is 4.79 Å². The van der Waals surface area contributed by atoms with Gasteiger partial charge in [0.1, 0.15) is 13.2 Å². The van der Waals surface area contributed by atoms with E-state index in [0.717, 1.165) is 12.3 Å². The van der Waals surface area contributed by atoms with Crippen LogP contribution in [0.1, 0.15) is 43.5 Å². The Balaban J connectivity index is 0.000000526. The average molecular weight is 332 g/mol. The summed E-state index contributed by atoms with van der Waals surface area (Å²) >= 11 is 0. The van der Waals surface area contributed by atoms with E-state index in [-0.39, 0.29) is 11.9 Å². The van der Waals surface area contributed by atoms with Gasteiger partial charge in [0, 0.05) is 18.2 Å². The fraction of sp³-hybridized carbons (Fsp3) is 0.632. The average Bonchev–Trinajstić information content (AvgIpc) is 2.63. The van der Waals surface area contributed by atoms with E-state index in [2.05, 4.69) is 24.1 Å². The summed E-state index contributed by atoms with van der Waals surface area (Å²) in [6, 6.07) is 5.70. The fourth-order valence-electron chi connectivity index (χ4n) is 3.56. The normalized spacial score (nSPS) is 27.0. The predicted molar refractivity (Wildman–Crippen MR) is 93.8 cm³/mol. The molecular formula is C19H28N2O3. The Bertz CT molecular complexity index is 568. The van der Waals surface area contributed by atoms with Crippen molar-refractivity contribution < 1.29 is 14.3 Å². The van der Waals surface area contributed by atoms with Gasteiger partial charge in [-0.2, -0.15) is 0 Å². The summed E-state index contributed by atoms with van der Waals surface area (Å²) in [5, 5.41) is 3.20. The SMILES string of the molecule is CCC.O=C(NC1CN2CCC1CC2)c1ccc2c(c1)OCCO2. The summed E-state index contributed by atoms with van der Waals surface area (Å²) in [6.45, 7) is 8.71. The number of carbonyl (C=O) groups excluding carboxylic acids is 1. The molecule has 0 spiro atoms. The third-order valence-corrected chi connectivity index (χ3v) is 4.78. The Labute approximate surface area is 144 Å². The zero-order valence-corrected chi connectivity index (χ0v) is 14.7. The standard InChI is InChI=1S/C16H20N2O3.C3H8/c19-16(17-13-10-18-5-3-11(13)4-6-18)12-1-2-14-15(9-12)21-8-7-20-14;1-3-2/h1-2,9,11,13H,3-8,10H2,(H,17,19);3H2,1-2H3. The second kappa shape index (κ2) is 7.88. The first-order valence-electron chi connectivity index (χ1n) is 9.14. The number of piperidine rings is 3. The van der Waals surface area contributed by atoms with Crippen LogP contribution in [0, 0.1) is 5.92 Å². The Morgan fingerprint density at radius 1 is 1.17 bits per heavy atom. The van der Waals surface area contributed by atoms with Gasteiger partial charge in [0.2, 0.25) is 0 Å². The first kappa shape index (κ1) is 17.1. The Morgan fingerprint density at radius 3 is 2.46 bits per heavy atom. The van der Waals surface area contributed by atoms with Gasteiger partial charge in [0.05, 0.1) is 0 Å². The third-order valence-electron chi connectivity index (χ3n) is 4.78. The highest BCUT2D eigenvalue weighted by atomic mass is 16.6. The van der Waals surface area contributed by atoms with Crippen LogP contribution in [0.4, 0.5) is 0 Å². The molecule has 5 heteroatoms. The third kappa shape index (κ3) is 3.83. The van der Waals surface area contributed by atoms with Crippen LogP contribution in [0.3, 0.4) is 0 Å². The molecule has 0 radical (unpaired) electrons. The number of nitrogens with one attached hydrogen (secondary N) is 1. The summed E-state index contributed by atoms with van der Waals surface area (Å²) in [5.74, 6) is 2.02. The molecule has 1 unspecified atom stereocenters. The molecule has 0 aliphatic carbocycles. The molecule has 132 valence electrons. The molecule has 1 N–H and O–H groups in total. The van der Waals surface area contributed by atoms with Crippen LogP contribution in [-0.4, -0.2) is 49.7 Å².